The average molecular weight is 744 g/mol. The molecule has 4 aromatic rings. The van der Waals surface area contributed by atoms with E-state index in [4.69, 9.17) is 33.2 Å². The Hall–Kier alpha value is -4.38. The second-order valence-corrected chi connectivity index (χ2v) is 13.3. The second kappa shape index (κ2) is 19.5. The number of hydrogen-bond acceptors (Lipinski definition) is 12. The van der Waals surface area contributed by atoms with E-state index in [0.29, 0.717) is 90.5 Å². The van der Waals surface area contributed by atoms with Crippen molar-refractivity contribution in [1.82, 2.24) is 0 Å². The molecule has 0 bridgehead atoms. The largest absolute Gasteiger partial charge is 0.748 e. The summed E-state index contributed by atoms with van der Waals surface area (Å²) in [6.07, 6.45) is 0.423. The maximum atomic E-state index is 14.5. The lowest BCUT2D eigenvalue weighted by Gasteiger charge is -2.17. The molecule has 0 atom stereocenters. The van der Waals surface area contributed by atoms with Crippen molar-refractivity contribution in [2.45, 2.75) is 33.2 Å². The minimum atomic E-state index is -4.48. The van der Waals surface area contributed by atoms with E-state index in [1.165, 1.54) is 12.1 Å². The highest BCUT2D eigenvalue weighted by atomic mass is 32.2. The summed E-state index contributed by atoms with van der Waals surface area (Å²) in [6.45, 7) is 6.32. The van der Waals surface area contributed by atoms with Gasteiger partial charge in [-0.3, -0.25) is 0 Å². The van der Waals surface area contributed by atoms with Crippen LogP contribution in [0.1, 0.15) is 45.2 Å². The number of ether oxygens (including phenoxy) is 7. The van der Waals surface area contributed by atoms with Crippen molar-refractivity contribution >= 4 is 43.9 Å². The van der Waals surface area contributed by atoms with Gasteiger partial charge in [0.15, 0.2) is 6.54 Å². The quantitative estimate of drug-likeness (QED) is 0.0304. The van der Waals surface area contributed by atoms with E-state index < -0.39 is 27.8 Å². The van der Waals surface area contributed by atoms with E-state index >= 15 is 0 Å². The molecule has 0 saturated heterocycles. The second-order valence-electron chi connectivity index (χ2n) is 11.7. The van der Waals surface area contributed by atoms with Crippen molar-refractivity contribution in [2.24, 2.45) is 0 Å². The number of carbonyl (C=O) groups is 2. The summed E-state index contributed by atoms with van der Waals surface area (Å²) < 4.78 is 75.6. The first-order valence-electron chi connectivity index (χ1n) is 16.8. The van der Waals surface area contributed by atoms with Crippen molar-refractivity contribution in [1.29, 1.82) is 0 Å². The summed E-state index contributed by atoms with van der Waals surface area (Å²) in [6, 6.07) is 13.3. The molecule has 1 heterocycles. The van der Waals surface area contributed by atoms with Crippen LogP contribution in [0.5, 0.6) is 17.2 Å². The molecule has 4 rings (SSSR count). The SMILES string of the molecule is CCc1cc(C(=O)O)cc(C)c1OC(=O)c1c2cc(OCCOCCOC)ccc2[n+](CCCS(=O)(=O)[O-])c2ccc(OCCOCCOC)cc12. The van der Waals surface area contributed by atoms with Crippen molar-refractivity contribution < 1.29 is 65.4 Å². The summed E-state index contributed by atoms with van der Waals surface area (Å²) in [4.78, 5) is 26.2. The Morgan fingerprint density at radius 2 is 1.33 bits per heavy atom. The van der Waals surface area contributed by atoms with Gasteiger partial charge in [-0.05, 0) is 60.9 Å². The molecule has 1 N–H and O–H groups in total. The molecule has 0 amide bonds. The number of carboxylic acids is 1. The molecule has 0 fully saturated rings. The minimum absolute atomic E-state index is 0.0214. The monoisotopic (exact) mass is 743 g/mol. The van der Waals surface area contributed by atoms with Crippen molar-refractivity contribution in [3.05, 3.63) is 70.8 Å². The highest BCUT2D eigenvalue weighted by Gasteiger charge is 2.28. The van der Waals surface area contributed by atoms with Crippen molar-refractivity contribution in [2.75, 3.05) is 72.8 Å². The molecule has 0 unspecified atom stereocenters. The number of fused-ring (bicyclic) bond motifs is 2. The van der Waals surface area contributed by atoms with Gasteiger partial charge in [0, 0.05) is 38.5 Å². The van der Waals surface area contributed by atoms with Crippen molar-refractivity contribution in [3.63, 3.8) is 0 Å². The van der Waals surface area contributed by atoms with Crippen LogP contribution in [-0.4, -0.2) is 103 Å². The lowest BCUT2D eigenvalue weighted by atomic mass is 10.00. The average Bonchev–Trinajstić information content (AvgIpc) is 3.10. The molecule has 3 aromatic carbocycles. The summed E-state index contributed by atoms with van der Waals surface area (Å²) in [5, 5.41) is 10.5. The topological polar surface area (TPSA) is 180 Å². The lowest BCUT2D eigenvalue weighted by Crippen LogP contribution is -2.37. The fourth-order valence-corrected chi connectivity index (χ4v) is 6.15. The van der Waals surface area contributed by atoms with E-state index in [9.17, 15) is 27.7 Å². The minimum Gasteiger partial charge on any atom is -0.748 e. The summed E-state index contributed by atoms with van der Waals surface area (Å²) in [7, 11) is -1.32. The lowest BCUT2D eigenvalue weighted by molar-refractivity contribution is -0.645. The molecule has 15 heteroatoms. The third kappa shape index (κ3) is 11.1. The molecule has 0 aliphatic rings. The van der Waals surface area contributed by atoms with Gasteiger partial charge >= 0.3 is 11.9 Å². The zero-order valence-corrected chi connectivity index (χ0v) is 30.6. The number of carboxylic acid groups (broad SMARTS) is 1. The first kappa shape index (κ1) is 40.4. The zero-order valence-electron chi connectivity index (χ0n) is 29.8. The highest BCUT2D eigenvalue weighted by molar-refractivity contribution is 7.85. The molecule has 52 heavy (non-hydrogen) atoms. The predicted molar refractivity (Wildman–Crippen MR) is 190 cm³/mol. The third-order valence-electron chi connectivity index (χ3n) is 8.07. The fourth-order valence-electron chi connectivity index (χ4n) is 5.66. The number of aromatic carboxylic acids is 1. The number of nitrogens with zero attached hydrogens (tertiary/aromatic N) is 1. The molecular formula is C37H45NO13S. The van der Waals surface area contributed by atoms with Crippen LogP contribution in [0, 0.1) is 6.92 Å². The molecule has 0 saturated carbocycles. The predicted octanol–water partition coefficient (Wildman–Crippen LogP) is 4.09. The number of carbonyl (C=O) groups excluding carboxylic acids is 1. The number of benzene rings is 3. The summed E-state index contributed by atoms with van der Waals surface area (Å²) in [5.41, 5.74) is 2.37. The Morgan fingerprint density at radius 1 is 0.788 bits per heavy atom. The number of rotatable bonds is 22. The van der Waals surface area contributed by atoms with Gasteiger partial charge in [-0.1, -0.05) is 6.92 Å². The number of aromatic nitrogens is 1. The van der Waals surface area contributed by atoms with E-state index in [1.807, 2.05) is 11.5 Å². The Balaban J connectivity index is 1.86. The van der Waals surface area contributed by atoms with Gasteiger partial charge in [-0.2, -0.15) is 4.57 Å². The maximum absolute atomic E-state index is 14.5. The summed E-state index contributed by atoms with van der Waals surface area (Å²) in [5.74, 6) is -1.28. The van der Waals surface area contributed by atoms with Gasteiger partial charge in [0.1, 0.15) is 30.5 Å². The maximum Gasteiger partial charge on any atom is 0.345 e. The molecule has 1 aromatic heterocycles. The highest BCUT2D eigenvalue weighted by Crippen LogP contribution is 2.33. The van der Waals surface area contributed by atoms with Crippen LogP contribution in [0.2, 0.25) is 0 Å². The Bertz CT molecular complexity index is 1890. The van der Waals surface area contributed by atoms with Crippen molar-refractivity contribution in [3.8, 4) is 17.2 Å². The Morgan fingerprint density at radius 3 is 1.81 bits per heavy atom. The van der Waals surface area contributed by atoms with Crippen LogP contribution in [0.4, 0.5) is 0 Å². The van der Waals surface area contributed by atoms with E-state index in [1.54, 1.807) is 57.5 Å². The molecule has 282 valence electrons. The zero-order chi connectivity index (χ0) is 37.7. The van der Waals surface area contributed by atoms with Crippen LogP contribution in [-0.2, 0) is 42.0 Å². The van der Waals surface area contributed by atoms with Gasteiger partial charge in [-0.15, -0.1) is 0 Å². The Kier molecular flexibility index (Phi) is 15.1. The molecule has 0 spiro atoms. The van der Waals surface area contributed by atoms with Crippen LogP contribution in [0.25, 0.3) is 21.8 Å². The van der Waals surface area contributed by atoms with Crippen LogP contribution < -0.4 is 18.8 Å². The van der Waals surface area contributed by atoms with Gasteiger partial charge in [0.25, 0.3) is 0 Å². The van der Waals surface area contributed by atoms with E-state index in [2.05, 4.69) is 0 Å². The van der Waals surface area contributed by atoms with Gasteiger partial charge in [0.2, 0.25) is 11.0 Å². The van der Waals surface area contributed by atoms with Gasteiger partial charge in [-0.25, -0.2) is 18.0 Å². The first-order chi connectivity index (χ1) is 25.0. The first-order valence-corrected chi connectivity index (χ1v) is 18.4. The Labute approximate surface area is 302 Å². The van der Waals surface area contributed by atoms with Gasteiger partial charge in [0.05, 0.1) is 71.7 Å². The standard InChI is InChI=1S/C37H45NO13S/c1-5-26-22-27(36(39)40)21-25(2)35(26)51-37(41)34-30-23-28(49-18-16-47-14-12-45-3)7-9-32(30)38(11-6-20-52(42,43)44)33-10-8-29(24-31(33)34)50-19-17-48-15-13-46-4/h7-10,21-24H,5-6,11-20H2,1-4H3,(H-,39,40,42,43,44). The number of esters is 1. The smallest absolute Gasteiger partial charge is 0.345 e. The third-order valence-corrected chi connectivity index (χ3v) is 8.86. The van der Waals surface area contributed by atoms with Crippen LogP contribution >= 0.6 is 0 Å². The van der Waals surface area contributed by atoms with E-state index in [-0.39, 0.29) is 43.1 Å². The summed E-state index contributed by atoms with van der Waals surface area (Å²) >= 11 is 0. The fraction of sp³-hybridized carbons (Fsp3) is 0.432. The van der Waals surface area contributed by atoms with Gasteiger partial charge < -0.3 is 42.8 Å². The number of hydrogen-bond donors (Lipinski definition) is 1. The molecular weight excluding hydrogens is 698 g/mol. The molecule has 0 radical (unpaired) electrons. The van der Waals surface area contributed by atoms with Crippen LogP contribution in [0.15, 0.2) is 48.5 Å². The number of methoxy groups -OCH3 is 2. The molecule has 0 aliphatic heterocycles. The normalized spacial score (nSPS) is 11.6. The van der Waals surface area contributed by atoms with E-state index in [0.717, 1.165) is 0 Å². The van der Waals surface area contributed by atoms with Crippen LogP contribution in [0.3, 0.4) is 0 Å². The number of pyridine rings is 1. The number of aryl methyl sites for hydroxylation is 3. The molecule has 0 aliphatic carbocycles. The molecule has 14 nitrogen and oxygen atoms in total.